The number of nitro groups is 1. The van der Waals surface area contributed by atoms with Crippen LogP contribution < -0.4 is 20.1 Å². The van der Waals surface area contributed by atoms with E-state index >= 15 is 0 Å². The first-order valence-corrected chi connectivity index (χ1v) is 8.75. The molecule has 0 atom stereocenters. The van der Waals surface area contributed by atoms with Gasteiger partial charge in [-0.25, -0.2) is 9.97 Å². The van der Waals surface area contributed by atoms with E-state index in [-0.39, 0.29) is 17.3 Å². The van der Waals surface area contributed by atoms with Gasteiger partial charge in [0.25, 0.3) is 0 Å². The lowest BCUT2D eigenvalue weighted by Gasteiger charge is -2.14. The highest BCUT2D eigenvalue weighted by atomic mass is 16.6. The van der Waals surface area contributed by atoms with E-state index in [9.17, 15) is 10.1 Å². The van der Waals surface area contributed by atoms with Crippen molar-refractivity contribution >= 4 is 28.7 Å². The van der Waals surface area contributed by atoms with E-state index in [4.69, 9.17) is 9.47 Å². The zero-order valence-electron chi connectivity index (χ0n) is 16.5. The molecule has 0 bridgehead atoms. The first kappa shape index (κ1) is 19.9. The molecule has 2 N–H and O–H groups in total. The minimum absolute atomic E-state index is 0.0428. The third-order valence-electron chi connectivity index (χ3n) is 4.31. The van der Waals surface area contributed by atoms with Gasteiger partial charge in [-0.05, 0) is 43.2 Å². The van der Waals surface area contributed by atoms with Gasteiger partial charge in [0.2, 0.25) is 11.6 Å². The van der Waals surface area contributed by atoms with Gasteiger partial charge in [-0.15, -0.1) is 0 Å². The van der Waals surface area contributed by atoms with E-state index in [2.05, 4.69) is 20.6 Å². The summed E-state index contributed by atoms with van der Waals surface area (Å²) >= 11 is 0. The molecule has 0 saturated carbocycles. The van der Waals surface area contributed by atoms with E-state index in [1.807, 2.05) is 32.0 Å². The molecule has 1 aromatic heterocycles. The largest absolute Gasteiger partial charge is 0.497 e. The Bertz CT molecular complexity index is 1060. The fourth-order valence-electron chi connectivity index (χ4n) is 2.76. The van der Waals surface area contributed by atoms with Crippen molar-refractivity contribution in [3.63, 3.8) is 0 Å². The molecule has 0 spiro atoms. The number of nitrogens with zero attached hydrogens (tertiary/aromatic N) is 3. The van der Waals surface area contributed by atoms with Crippen molar-refractivity contribution in [3.05, 3.63) is 64.0 Å². The molecule has 0 amide bonds. The third kappa shape index (κ3) is 4.34. The Morgan fingerprint density at radius 1 is 0.931 bits per heavy atom. The van der Waals surface area contributed by atoms with Crippen molar-refractivity contribution in [1.82, 2.24) is 9.97 Å². The van der Waals surface area contributed by atoms with E-state index in [0.717, 1.165) is 16.8 Å². The van der Waals surface area contributed by atoms with Crippen LogP contribution in [0.1, 0.15) is 11.1 Å². The van der Waals surface area contributed by atoms with Crippen molar-refractivity contribution in [1.29, 1.82) is 0 Å². The molecule has 0 unspecified atom stereocenters. The number of ether oxygens (including phenoxy) is 2. The molecule has 29 heavy (non-hydrogen) atoms. The van der Waals surface area contributed by atoms with Gasteiger partial charge in [-0.2, -0.15) is 0 Å². The van der Waals surface area contributed by atoms with Crippen LogP contribution in [0, 0.1) is 24.0 Å². The van der Waals surface area contributed by atoms with Crippen molar-refractivity contribution in [2.24, 2.45) is 0 Å². The lowest BCUT2D eigenvalue weighted by molar-refractivity contribution is -0.383. The molecule has 3 aromatic rings. The van der Waals surface area contributed by atoms with E-state index in [0.29, 0.717) is 17.2 Å². The van der Waals surface area contributed by atoms with Crippen LogP contribution in [-0.4, -0.2) is 29.1 Å². The average Bonchev–Trinajstić information content (AvgIpc) is 2.71. The minimum atomic E-state index is -0.522. The number of aryl methyl sites for hydroxylation is 2. The fourth-order valence-corrected chi connectivity index (χ4v) is 2.76. The monoisotopic (exact) mass is 395 g/mol. The number of aromatic nitrogens is 2. The predicted octanol–water partition coefficient (Wildman–Crippen LogP) is 4.51. The second-order valence-electron chi connectivity index (χ2n) is 6.31. The highest BCUT2D eigenvalue weighted by Gasteiger charge is 2.24. The van der Waals surface area contributed by atoms with E-state index in [1.165, 1.54) is 13.4 Å². The molecule has 0 aliphatic heterocycles. The number of rotatable bonds is 7. The van der Waals surface area contributed by atoms with Crippen LogP contribution in [0.25, 0.3) is 0 Å². The Balaban J connectivity index is 2.02. The van der Waals surface area contributed by atoms with Crippen molar-refractivity contribution in [2.45, 2.75) is 13.8 Å². The van der Waals surface area contributed by atoms with Crippen LogP contribution in [0.2, 0.25) is 0 Å². The summed E-state index contributed by atoms with van der Waals surface area (Å²) in [5, 5.41) is 17.8. The summed E-state index contributed by atoms with van der Waals surface area (Å²) in [4.78, 5) is 19.4. The van der Waals surface area contributed by atoms with E-state index in [1.54, 1.807) is 25.3 Å². The SMILES string of the molecule is COc1ccc(Nc2ncnc(Nc3cc(C)ccc3C)c2[N+](=O)[O-])c(OC)c1. The zero-order chi connectivity index (χ0) is 21.0. The van der Waals surface area contributed by atoms with Crippen LogP contribution in [0.15, 0.2) is 42.7 Å². The fraction of sp³-hybridized carbons (Fsp3) is 0.200. The summed E-state index contributed by atoms with van der Waals surface area (Å²) in [5.74, 6) is 1.19. The summed E-state index contributed by atoms with van der Waals surface area (Å²) in [6, 6.07) is 10.9. The molecule has 9 nitrogen and oxygen atoms in total. The van der Waals surface area contributed by atoms with Crippen LogP contribution in [0.5, 0.6) is 11.5 Å². The van der Waals surface area contributed by atoms with Gasteiger partial charge < -0.3 is 20.1 Å². The van der Waals surface area contributed by atoms with Crippen molar-refractivity contribution in [2.75, 3.05) is 24.9 Å². The maximum absolute atomic E-state index is 11.8. The molecule has 0 aliphatic carbocycles. The van der Waals surface area contributed by atoms with Crippen LogP contribution in [0.4, 0.5) is 28.7 Å². The molecule has 1 heterocycles. The topological polar surface area (TPSA) is 111 Å². The second-order valence-corrected chi connectivity index (χ2v) is 6.31. The highest BCUT2D eigenvalue weighted by Crippen LogP contribution is 2.37. The Morgan fingerprint density at radius 2 is 1.62 bits per heavy atom. The maximum Gasteiger partial charge on any atom is 0.353 e. The second kappa shape index (κ2) is 8.42. The Kier molecular flexibility index (Phi) is 5.77. The van der Waals surface area contributed by atoms with Gasteiger partial charge in [0.1, 0.15) is 17.8 Å². The summed E-state index contributed by atoms with van der Waals surface area (Å²) in [6.45, 7) is 3.86. The number of nitrogens with one attached hydrogen (secondary N) is 2. The van der Waals surface area contributed by atoms with Gasteiger partial charge in [-0.1, -0.05) is 12.1 Å². The highest BCUT2D eigenvalue weighted by molar-refractivity contribution is 5.79. The number of methoxy groups -OCH3 is 2. The number of hydrogen-bond acceptors (Lipinski definition) is 8. The average molecular weight is 395 g/mol. The summed E-state index contributed by atoms with van der Waals surface area (Å²) < 4.78 is 10.5. The van der Waals surface area contributed by atoms with Crippen molar-refractivity contribution in [3.8, 4) is 11.5 Å². The van der Waals surface area contributed by atoms with Gasteiger partial charge in [0, 0.05) is 11.8 Å². The summed E-state index contributed by atoms with van der Waals surface area (Å²) in [6.07, 6.45) is 1.26. The Hall–Kier alpha value is -3.88. The first-order valence-electron chi connectivity index (χ1n) is 8.75. The summed E-state index contributed by atoms with van der Waals surface area (Å²) in [7, 11) is 3.05. The van der Waals surface area contributed by atoms with Gasteiger partial charge in [-0.3, -0.25) is 10.1 Å². The van der Waals surface area contributed by atoms with Gasteiger partial charge in [0.15, 0.2) is 0 Å². The number of hydrogen-bond donors (Lipinski definition) is 2. The molecule has 3 rings (SSSR count). The van der Waals surface area contributed by atoms with Crippen LogP contribution in [-0.2, 0) is 0 Å². The molecule has 0 fully saturated rings. The molecule has 9 heteroatoms. The van der Waals surface area contributed by atoms with Gasteiger partial charge in [0.05, 0.1) is 24.8 Å². The number of benzene rings is 2. The van der Waals surface area contributed by atoms with Crippen LogP contribution >= 0.6 is 0 Å². The standard InChI is InChI=1S/C20H21N5O4/c1-12-5-6-13(2)16(9-12)24-20-18(25(26)27)19(21-11-22-20)23-15-8-7-14(28-3)10-17(15)29-4/h5-11H,1-4H3,(H2,21,22,23,24). The predicted molar refractivity (Wildman–Crippen MR) is 111 cm³/mol. The molecule has 2 aromatic carbocycles. The molecule has 0 aliphatic rings. The smallest absolute Gasteiger partial charge is 0.353 e. The zero-order valence-corrected chi connectivity index (χ0v) is 16.5. The lowest BCUT2D eigenvalue weighted by atomic mass is 10.1. The molecule has 0 radical (unpaired) electrons. The van der Waals surface area contributed by atoms with Crippen molar-refractivity contribution < 1.29 is 14.4 Å². The van der Waals surface area contributed by atoms with E-state index < -0.39 is 4.92 Å². The molecule has 0 saturated heterocycles. The van der Waals surface area contributed by atoms with Crippen LogP contribution in [0.3, 0.4) is 0 Å². The first-order chi connectivity index (χ1) is 13.9. The number of anilines is 4. The molecular weight excluding hydrogens is 374 g/mol. The van der Waals surface area contributed by atoms with Gasteiger partial charge >= 0.3 is 5.69 Å². The Morgan fingerprint density at radius 3 is 2.24 bits per heavy atom. The third-order valence-corrected chi connectivity index (χ3v) is 4.31. The quantitative estimate of drug-likeness (QED) is 0.444. The molecule has 150 valence electrons. The minimum Gasteiger partial charge on any atom is -0.497 e. The summed E-state index contributed by atoms with van der Waals surface area (Å²) in [5.41, 5.74) is 2.94. The molecular formula is C20H21N5O4. The normalized spacial score (nSPS) is 10.3. The Labute approximate surface area is 167 Å². The maximum atomic E-state index is 11.8. The lowest BCUT2D eigenvalue weighted by Crippen LogP contribution is -2.06.